The zero-order valence-corrected chi connectivity index (χ0v) is 14.0. The van der Waals surface area contributed by atoms with Crippen LogP contribution in [-0.4, -0.2) is 13.1 Å². The number of methoxy groups -OCH3 is 1. The summed E-state index contributed by atoms with van der Waals surface area (Å²) in [5.41, 5.74) is 0. The highest BCUT2D eigenvalue weighted by molar-refractivity contribution is 5.68. The first-order chi connectivity index (χ1) is 10.3. The van der Waals surface area contributed by atoms with Gasteiger partial charge in [0.25, 0.3) is 0 Å². The molecule has 0 aromatic heterocycles. The van der Waals surface area contributed by atoms with Crippen LogP contribution in [0.4, 0.5) is 0 Å². The standard InChI is InChI=1S/C19H32O2/c1-3-4-5-6-7-8-9-10-11-12-13-14-15-16-17-18-19(20)21-2/h10-11H,3-7,12-18H2,1-2H3/b11-10-. The van der Waals surface area contributed by atoms with Crippen molar-refractivity contribution in [3.8, 4) is 11.8 Å². The summed E-state index contributed by atoms with van der Waals surface area (Å²) in [5, 5.41) is 0. The van der Waals surface area contributed by atoms with E-state index < -0.39 is 0 Å². The van der Waals surface area contributed by atoms with E-state index in [1.165, 1.54) is 52.1 Å². The van der Waals surface area contributed by atoms with Gasteiger partial charge in [0.2, 0.25) is 0 Å². The van der Waals surface area contributed by atoms with Gasteiger partial charge in [0.1, 0.15) is 0 Å². The maximum atomic E-state index is 10.9. The minimum absolute atomic E-state index is 0.0915. The molecule has 0 rings (SSSR count). The topological polar surface area (TPSA) is 26.3 Å². The molecule has 0 aliphatic heterocycles. The lowest BCUT2D eigenvalue weighted by Crippen LogP contribution is -1.98. The lowest BCUT2D eigenvalue weighted by molar-refractivity contribution is -0.140. The molecular weight excluding hydrogens is 260 g/mol. The molecule has 0 saturated carbocycles. The Kier molecular flexibility index (Phi) is 15.8. The Morgan fingerprint density at radius 3 is 2.48 bits per heavy atom. The highest BCUT2D eigenvalue weighted by Crippen LogP contribution is 2.08. The number of allylic oxidation sites excluding steroid dienone is 2. The van der Waals surface area contributed by atoms with Gasteiger partial charge >= 0.3 is 5.97 Å². The van der Waals surface area contributed by atoms with Crippen molar-refractivity contribution in [2.24, 2.45) is 0 Å². The number of carbonyl (C=O) groups is 1. The Hall–Kier alpha value is -1.23. The van der Waals surface area contributed by atoms with E-state index in [0.717, 1.165) is 25.7 Å². The average molecular weight is 292 g/mol. The number of carbonyl (C=O) groups excluding carboxylic acids is 1. The van der Waals surface area contributed by atoms with Crippen molar-refractivity contribution in [2.45, 2.75) is 84.0 Å². The van der Waals surface area contributed by atoms with E-state index in [9.17, 15) is 4.79 Å². The maximum absolute atomic E-state index is 10.9. The predicted octanol–water partition coefficient (Wildman–Crippen LogP) is 5.42. The molecule has 2 nitrogen and oxygen atoms in total. The fraction of sp³-hybridized carbons (Fsp3) is 0.737. The second-order valence-corrected chi connectivity index (χ2v) is 5.42. The third-order valence-electron chi connectivity index (χ3n) is 3.44. The van der Waals surface area contributed by atoms with Gasteiger partial charge in [-0.2, -0.15) is 0 Å². The van der Waals surface area contributed by atoms with Gasteiger partial charge in [-0.1, -0.05) is 63.4 Å². The van der Waals surface area contributed by atoms with Gasteiger partial charge in [-0.3, -0.25) is 4.79 Å². The van der Waals surface area contributed by atoms with Gasteiger partial charge in [-0.15, -0.1) is 0 Å². The molecule has 0 aliphatic carbocycles. The normalized spacial score (nSPS) is 10.4. The molecule has 0 aromatic rings. The van der Waals surface area contributed by atoms with Crippen molar-refractivity contribution in [1.82, 2.24) is 0 Å². The molecule has 0 atom stereocenters. The zero-order chi connectivity index (χ0) is 15.6. The van der Waals surface area contributed by atoms with Crippen LogP contribution in [0.15, 0.2) is 12.2 Å². The summed E-state index contributed by atoms with van der Waals surface area (Å²) in [6.45, 7) is 2.23. The third kappa shape index (κ3) is 16.7. The van der Waals surface area contributed by atoms with Crippen LogP contribution in [0.2, 0.25) is 0 Å². The van der Waals surface area contributed by atoms with Gasteiger partial charge in [-0.05, 0) is 31.8 Å². The minimum Gasteiger partial charge on any atom is -0.469 e. The van der Waals surface area contributed by atoms with Crippen molar-refractivity contribution < 1.29 is 9.53 Å². The van der Waals surface area contributed by atoms with E-state index >= 15 is 0 Å². The van der Waals surface area contributed by atoms with Crippen LogP contribution in [0.1, 0.15) is 84.0 Å². The summed E-state index contributed by atoms with van der Waals surface area (Å²) in [7, 11) is 1.45. The Bertz CT molecular complexity index is 320. The molecule has 21 heavy (non-hydrogen) atoms. The summed E-state index contributed by atoms with van der Waals surface area (Å²) in [4.78, 5) is 10.9. The van der Waals surface area contributed by atoms with Gasteiger partial charge < -0.3 is 4.74 Å². The van der Waals surface area contributed by atoms with Crippen LogP contribution >= 0.6 is 0 Å². The van der Waals surface area contributed by atoms with Gasteiger partial charge in [0.05, 0.1) is 7.11 Å². The Morgan fingerprint density at radius 2 is 1.71 bits per heavy atom. The van der Waals surface area contributed by atoms with Crippen LogP contribution in [0.3, 0.4) is 0 Å². The highest BCUT2D eigenvalue weighted by Gasteiger charge is 1.98. The first-order valence-corrected chi connectivity index (χ1v) is 8.51. The molecule has 0 bridgehead atoms. The lowest BCUT2D eigenvalue weighted by Gasteiger charge is -1.99. The number of ether oxygens (including phenoxy) is 1. The van der Waals surface area contributed by atoms with Crippen molar-refractivity contribution in [1.29, 1.82) is 0 Å². The number of unbranched alkanes of at least 4 members (excludes halogenated alkanes) is 9. The van der Waals surface area contributed by atoms with Crippen LogP contribution in [0.25, 0.3) is 0 Å². The van der Waals surface area contributed by atoms with Crippen LogP contribution in [-0.2, 0) is 9.53 Å². The van der Waals surface area contributed by atoms with Crippen molar-refractivity contribution in [2.75, 3.05) is 7.11 Å². The minimum atomic E-state index is -0.0915. The third-order valence-corrected chi connectivity index (χ3v) is 3.44. The van der Waals surface area contributed by atoms with Gasteiger partial charge in [0, 0.05) is 12.8 Å². The summed E-state index contributed by atoms with van der Waals surface area (Å²) >= 11 is 0. The first-order valence-electron chi connectivity index (χ1n) is 8.51. The van der Waals surface area contributed by atoms with E-state index in [0.29, 0.717) is 6.42 Å². The smallest absolute Gasteiger partial charge is 0.305 e. The molecule has 0 fully saturated rings. The molecular formula is C19H32O2. The second kappa shape index (κ2) is 16.8. The number of hydrogen-bond acceptors (Lipinski definition) is 2. The fourth-order valence-corrected chi connectivity index (χ4v) is 2.08. The summed E-state index contributed by atoms with van der Waals surface area (Å²) in [6.07, 6.45) is 17.8. The molecule has 0 N–H and O–H groups in total. The van der Waals surface area contributed by atoms with E-state index in [1.54, 1.807) is 0 Å². The van der Waals surface area contributed by atoms with Gasteiger partial charge in [0.15, 0.2) is 0 Å². The Balaban J connectivity index is 3.25. The molecule has 2 heteroatoms. The molecule has 0 aromatic carbocycles. The average Bonchev–Trinajstić information content (AvgIpc) is 2.50. The van der Waals surface area contributed by atoms with E-state index in [4.69, 9.17) is 0 Å². The molecule has 0 radical (unpaired) electrons. The largest absolute Gasteiger partial charge is 0.469 e. The predicted molar refractivity (Wildman–Crippen MR) is 90.0 cm³/mol. The SMILES string of the molecule is CCCCCCC#C/C=C\CCCCCCCC(=O)OC. The number of hydrogen-bond donors (Lipinski definition) is 0. The molecule has 0 heterocycles. The number of rotatable bonds is 12. The van der Waals surface area contributed by atoms with E-state index in [2.05, 4.69) is 29.6 Å². The molecule has 0 aliphatic rings. The molecule has 120 valence electrons. The van der Waals surface area contributed by atoms with Crippen molar-refractivity contribution in [3.05, 3.63) is 12.2 Å². The summed E-state index contributed by atoms with van der Waals surface area (Å²) < 4.78 is 4.61. The van der Waals surface area contributed by atoms with E-state index in [1.807, 2.05) is 6.08 Å². The molecule has 0 spiro atoms. The van der Waals surface area contributed by atoms with Crippen molar-refractivity contribution >= 4 is 5.97 Å². The Labute approximate surface area is 131 Å². The second-order valence-electron chi connectivity index (χ2n) is 5.42. The quantitative estimate of drug-likeness (QED) is 0.273. The lowest BCUT2D eigenvalue weighted by atomic mass is 10.1. The monoisotopic (exact) mass is 292 g/mol. The fourth-order valence-electron chi connectivity index (χ4n) is 2.08. The highest BCUT2D eigenvalue weighted by atomic mass is 16.5. The van der Waals surface area contributed by atoms with Crippen molar-refractivity contribution in [3.63, 3.8) is 0 Å². The Morgan fingerprint density at radius 1 is 1.00 bits per heavy atom. The van der Waals surface area contributed by atoms with Gasteiger partial charge in [-0.25, -0.2) is 0 Å². The summed E-state index contributed by atoms with van der Waals surface area (Å²) in [6, 6.07) is 0. The zero-order valence-electron chi connectivity index (χ0n) is 14.0. The van der Waals surface area contributed by atoms with Crippen LogP contribution in [0, 0.1) is 11.8 Å². The first kappa shape index (κ1) is 19.8. The van der Waals surface area contributed by atoms with E-state index in [-0.39, 0.29) is 5.97 Å². The van der Waals surface area contributed by atoms with Crippen LogP contribution < -0.4 is 0 Å². The molecule has 0 saturated heterocycles. The summed E-state index contributed by atoms with van der Waals surface area (Å²) in [5.74, 6) is 6.22. The number of esters is 1. The maximum Gasteiger partial charge on any atom is 0.305 e. The molecule has 0 amide bonds. The van der Waals surface area contributed by atoms with Crippen LogP contribution in [0.5, 0.6) is 0 Å². The molecule has 0 unspecified atom stereocenters.